The second-order valence-electron chi connectivity index (χ2n) is 4.58. The van der Waals surface area contributed by atoms with Crippen LogP contribution in [0.2, 0.25) is 0 Å². The van der Waals surface area contributed by atoms with Crippen LogP contribution in [0, 0.1) is 5.92 Å². The lowest BCUT2D eigenvalue weighted by Gasteiger charge is -2.16. The predicted octanol–water partition coefficient (Wildman–Crippen LogP) is 2.65. The SMILES string of the molecule is CC1(O)C=C2CCCCCC2C1. The molecule has 1 fully saturated rings. The van der Waals surface area contributed by atoms with E-state index >= 15 is 0 Å². The second kappa shape index (κ2) is 2.88. The highest BCUT2D eigenvalue weighted by Crippen LogP contribution is 2.40. The molecular weight excluding hydrogens is 148 g/mol. The van der Waals surface area contributed by atoms with Gasteiger partial charge in [0.1, 0.15) is 0 Å². The van der Waals surface area contributed by atoms with Gasteiger partial charge >= 0.3 is 0 Å². The van der Waals surface area contributed by atoms with Gasteiger partial charge < -0.3 is 5.11 Å². The summed E-state index contributed by atoms with van der Waals surface area (Å²) in [6.45, 7) is 1.94. The summed E-state index contributed by atoms with van der Waals surface area (Å²) in [5, 5.41) is 9.84. The Kier molecular flexibility index (Phi) is 1.99. The fraction of sp³-hybridized carbons (Fsp3) is 0.818. The molecule has 0 aliphatic heterocycles. The molecule has 2 aliphatic rings. The van der Waals surface area contributed by atoms with Gasteiger partial charge in [0.25, 0.3) is 0 Å². The molecule has 1 nitrogen and oxygen atoms in total. The van der Waals surface area contributed by atoms with Crippen molar-refractivity contribution in [2.45, 2.75) is 51.0 Å². The second-order valence-corrected chi connectivity index (χ2v) is 4.58. The van der Waals surface area contributed by atoms with Crippen molar-refractivity contribution >= 4 is 0 Å². The van der Waals surface area contributed by atoms with Gasteiger partial charge in [-0.15, -0.1) is 0 Å². The van der Waals surface area contributed by atoms with Crippen LogP contribution in [0.25, 0.3) is 0 Å². The van der Waals surface area contributed by atoms with Crippen molar-refractivity contribution in [1.29, 1.82) is 0 Å². The molecule has 1 saturated carbocycles. The van der Waals surface area contributed by atoms with Crippen LogP contribution >= 0.6 is 0 Å². The maximum atomic E-state index is 9.84. The molecule has 68 valence electrons. The van der Waals surface area contributed by atoms with Crippen molar-refractivity contribution in [3.8, 4) is 0 Å². The molecule has 0 amide bonds. The van der Waals surface area contributed by atoms with Crippen LogP contribution in [0.15, 0.2) is 11.6 Å². The summed E-state index contributed by atoms with van der Waals surface area (Å²) in [4.78, 5) is 0. The van der Waals surface area contributed by atoms with Crippen LogP contribution < -0.4 is 0 Å². The lowest BCUT2D eigenvalue weighted by atomic mass is 9.94. The average Bonchev–Trinajstić information content (AvgIpc) is 2.17. The molecule has 1 N–H and O–H groups in total. The Labute approximate surface area is 74.5 Å². The number of aliphatic hydroxyl groups is 1. The van der Waals surface area contributed by atoms with Crippen molar-refractivity contribution < 1.29 is 5.11 Å². The Bertz CT molecular complexity index is 203. The van der Waals surface area contributed by atoms with E-state index in [1.807, 2.05) is 6.92 Å². The van der Waals surface area contributed by atoms with E-state index in [1.165, 1.54) is 37.7 Å². The van der Waals surface area contributed by atoms with Crippen molar-refractivity contribution in [3.63, 3.8) is 0 Å². The average molecular weight is 166 g/mol. The standard InChI is InChI=1S/C11H18O/c1-11(12)7-9-5-3-2-4-6-10(9)8-11/h7,10,12H,2-6,8H2,1H3. The summed E-state index contributed by atoms with van der Waals surface area (Å²) >= 11 is 0. The molecule has 0 radical (unpaired) electrons. The van der Waals surface area contributed by atoms with E-state index < -0.39 is 5.60 Å². The zero-order valence-corrected chi connectivity index (χ0v) is 7.84. The summed E-state index contributed by atoms with van der Waals surface area (Å²) in [5.74, 6) is 0.711. The lowest BCUT2D eigenvalue weighted by molar-refractivity contribution is 0.0999. The highest BCUT2D eigenvalue weighted by Gasteiger charge is 2.33. The fourth-order valence-electron chi connectivity index (χ4n) is 2.67. The number of fused-ring (bicyclic) bond motifs is 1. The van der Waals surface area contributed by atoms with Crippen molar-refractivity contribution in [1.82, 2.24) is 0 Å². The third kappa shape index (κ3) is 1.56. The molecule has 2 rings (SSSR count). The number of hydrogen-bond acceptors (Lipinski definition) is 1. The monoisotopic (exact) mass is 166 g/mol. The fourth-order valence-corrected chi connectivity index (χ4v) is 2.67. The summed E-state index contributed by atoms with van der Waals surface area (Å²) in [6.07, 6.45) is 9.71. The van der Waals surface area contributed by atoms with Gasteiger partial charge in [-0.2, -0.15) is 0 Å². The molecule has 0 saturated heterocycles. The Hall–Kier alpha value is -0.300. The van der Waals surface area contributed by atoms with E-state index in [2.05, 4.69) is 6.08 Å². The Morgan fingerprint density at radius 3 is 3.08 bits per heavy atom. The maximum Gasteiger partial charge on any atom is 0.0808 e. The van der Waals surface area contributed by atoms with Gasteiger partial charge in [-0.05, 0) is 38.5 Å². The maximum absolute atomic E-state index is 9.84. The quantitative estimate of drug-likeness (QED) is 0.548. The highest BCUT2D eigenvalue weighted by molar-refractivity contribution is 5.21. The van der Waals surface area contributed by atoms with Gasteiger partial charge in [-0.3, -0.25) is 0 Å². The molecular formula is C11H18O. The van der Waals surface area contributed by atoms with Crippen molar-refractivity contribution in [2.75, 3.05) is 0 Å². The first-order valence-corrected chi connectivity index (χ1v) is 5.11. The molecule has 2 aliphatic carbocycles. The molecule has 0 aromatic rings. The summed E-state index contributed by atoms with van der Waals surface area (Å²) in [7, 11) is 0. The molecule has 0 spiro atoms. The van der Waals surface area contributed by atoms with E-state index in [0.29, 0.717) is 5.92 Å². The van der Waals surface area contributed by atoms with Crippen molar-refractivity contribution in [2.24, 2.45) is 5.92 Å². The van der Waals surface area contributed by atoms with Crippen LogP contribution in [0.1, 0.15) is 45.4 Å². The molecule has 2 atom stereocenters. The van der Waals surface area contributed by atoms with Crippen LogP contribution in [0.3, 0.4) is 0 Å². The minimum Gasteiger partial charge on any atom is -0.386 e. The van der Waals surface area contributed by atoms with E-state index in [-0.39, 0.29) is 0 Å². The third-order valence-electron chi connectivity index (χ3n) is 3.20. The molecule has 0 bridgehead atoms. The Balaban J connectivity index is 2.14. The van der Waals surface area contributed by atoms with E-state index in [4.69, 9.17) is 0 Å². The smallest absolute Gasteiger partial charge is 0.0808 e. The number of allylic oxidation sites excluding steroid dienone is 1. The highest BCUT2D eigenvalue weighted by atomic mass is 16.3. The topological polar surface area (TPSA) is 20.2 Å². The van der Waals surface area contributed by atoms with Gasteiger partial charge in [-0.25, -0.2) is 0 Å². The largest absolute Gasteiger partial charge is 0.386 e. The third-order valence-corrected chi connectivity index (χ3v) is 3.20. The molecule has 1 heteroatoms. The van der Waals surface area contributed by atoms with Gasteiger partial charge in [0.15, 0.2) is 0 Å². The minimum absolute atomic E-state index is 0.489. The first-order chi connectivity index (χ1) is 5.67. The molecule has 2 unspecified atom stereocenters. The van der Waals surface area contributed by atoms with Crippen LogP contribution in [-0.2, 0) is 0 Å². The lowest BCUT2D eigenvalue weighted by Crippen LogP contribution is -2.18. The zero-order chi connectivity index (χ0) is 8.60. The van der Waals surface area contributed by atoms with Crippen LogP contribution in [0.5, 0.6) is 0 Å². The Morgan fingerprint density at radius 2 is 2.25 bits per heavy atom. The van der Waals surface area contributed by atoms with Crippen LogP contribution in [0.4, 0.5) is 0 Å². The normalized spacial score (nSPS) is 41.8. The van der Waals surface area contributed by atoms with Crippen molar-refractivity contribution in [3.05, 3.63) is 11.6 Å². The first-order valence-electron chi connectivity index (χ1n) is 5.11. The molecule has 12 heavy (non-hydrogen) atoms. The molecule has 0 aromatic heterocycles. The first kappa shape index (κ1) is 8.31. The molecule has 0 heterocycles. The Morgan fingerprint density at radius 1 is 1.42 bits per heavy atom. The van der Waals surface area contributed by atoms with E-state index in [0.717, 1.165) is 6.42 Å². The van der Waals surface area contributed by atoms with Gasteiger partial charge in [0.2, 0.25) is 0 Å². The summed E-state index contributed by atoms with van der Waals surface area (Å²) in [6, 6.07) is 0. The number of rotatable bonds is 0. The van der Waals surface area contributed by atoms with Gasteiger partial charge in [0.05, 0.1) is 5.60 Å². The molecule has 0 aromatic carbocycles. The van der Waals surface area contributed by atoms with Gasteiger partial charge in [-0.1, -0.05) is 24.5 Å². The van der Waals surface area contributed by atoms with E-state index in [9.17, 15) is 5.11 Å². The zero-order valence-electron chi connectivity index (χ0n) is 7.84. The summed E-state index contributed by atoms with van der Waals surface area (Å²) < 4.78 is 0. The summed E-state index contributed by atoms with van der Waals surface area (Å²) in [5.41, 5.74) is 1.05. The minimum atomic E-state index is -0.489. The van der Waals surface area contributed by atoms with Crippen LogP contribution in [-0.4, -0.2) is 10.7 Å². The predicted molar refractivity (Wildman–Crippen MR) is 49.9 cm³/mol. The van der Waals surface area contributed by atoms with Gasteiger partial charge in [0, 0.05) is 0 Å². The van der Waals surface area contributed by atoms with E-state index in [1.54, 1.807) is 0 Å². The number of hydrogen-bond donors (Lipinski definition) is 1.